The van der Waals surface area contributed by atoms with Crippen LogP contribution in [0.3, 0.4) is 0 Å². The Bertz CT molecular complexity index is 1340. The number of aromatic amines is 1. The number of rotatable bonds is 6. The molecule has 0 spiro atoms. The molecule has 4 rings (SSSR count). The molecule has 2 heterocycles. The van der Waals surface area contributed by atoms with Crippen LogP contribution in [0.2, 0.25) is 0 Å². The van der Waals surface area contributed by atoms with E-state index in [0.29, 0.717) is 23.0 Å². The van der Waals surface area contributed by atoms with Crippen molar-refractivity contribution >= 4 is 30.1 Å². The summed E-state index contributed by atoms with van der Waals surface area (Å²) in [6.07, 6.45) is 2.61. The number of H-pyrrole nitrogens is 1. The average Bonchev–Trinajstić information content (AvgIpc) is 3.17. The van der Waals surface area contributed by atoms with Gasteiger partial charge in [0.15, 0.2) is 0 Å². The number of benzene rings is 2. The molecule has 0 saturated carbocycles. The minimum absolute atomic E-state index is 0.146. The summed E-state index contributed by atoms with van der Waals surface area (Å²) in [7, 11) is 6.08. The molecule has 0 bridgehead atoms. The molecule has 2 aromatic carbocycles. The van der Waals surface area contributed by atoms with Crippen molar-refractivity contribution in [2.24, 2.45) is 0 Å². The van der Waals surface area contributed by atoms with Gasteiger partial charge in [-0.3, -0.25) is 9.59 Å². The fraction of sp³-hybridized carbons (Fsp3) is 0.231. The maximum absolute atomic E-state index is 13.0. The molecule has 0 atom stereocenters. The van der Waals surface area contributed by atoms with E-state index >= 15 is 0 Å². The molecule has 0 fully saturated rings. The SMILES string of the molecule is [B]c1cc(C(=O)NCc2c(C)cc(Cc3ccccc3)[nH]c2=O)c2ccn(C(C)C)c2c1. The minimum Gasteiger partial charge on any atom is -0.348 e. The van der Waals surface area contributed by atoms with Gasteiger partial charge in [-0.05, 0) is 50.1 Å². The fourth-order valence-electron chi connectivity index (χ4n) is 4.10. The van der Waals surface area contributed by atoms with Gasteiger partial charge in [-0.15, -0.1) is 0 Å². The van der Waals surface area contributed by atoms with Crippen molar-refractivity contribution in [3.63, 3.8) is 0 Å². The van der Waals surface area contributed by atoms with Crippen LogP contribution in [-0.2, 0) is 13.0 Å². The zero-order valence-corrected chi connectivity index (χ0v) is 18.6. The van der Waals surface area contributed by atoms with Gasteiger partial charge in [-0.1, -0.05) is 41.9 Å². The number of amides is 1. The van der Waals surface area contributed by atoms with Crippen LogP contribution < -0.4 is 16.3 Å². The van der Waals surface area contributed by atoms with E-state index in [9.17, 15) is 9.59 Å². The normalized spacial score (nSPS) is 11.2. The molecule has 1 amide bonds. The molecule has 0 unspecified atom stereocenters. The maximum Gasteiger partial charge on any atom is 0.253 e. The second-order valence-corrected chi connectivity index (χ2v) is 8.45. The van der Waals surface area contributed by atoms with E-state index < -0.39 is 0 Å². The second-order valence-electron chi connectivity index (χ2n) is 8.45. The molecule has 4 aromatic rings. The average molecular weight is 423 g/mol. The van der Waals surface area contributed by atoms with Crippen LogP contribution in [0.1, 0.15) is 52.6 Å². The van der Waals surface area contributed by atoms with Gasteiger partial charge in [-0.25, -0.2) is 0 Å². The van der Waals surface area contributed by atoms with Gasteiger partial charge in [0.05, 0.1) is 0 Å². The lowest BCUT2D eigenvalue weighted by molar-refractivity contribution is 0.0952. The van der Waals surface area contributed by atoms with Gasteiger partial charge in [0.25, 0.3) is 11.5 Å². The highest BCUT2D eigenvalue weighted by atomic mass is 16.1. The Hall–Kier alpha value is -3.54. The van der Waals surface area contributed by atoms with Crippen LogP contribution in [0.15, 0.2) is 65.6 Å². The minimum atomic E-state index is -0.254. The highest BCUT2D eigenvalue weighted by Gasteiger charge is 2.16. The van der Waals surface area contributed by atoms with Gasteiger partial charge in [0.2, 0.25) is 0 Å². The smallest absolute Gasteiger partial charge is 0.253 e. The summed E-state index contributed by atoms with van der Waals surface area (Å²) in [6, 6.07) is 17.7. The number of pyridine rings is 1. The summed E-state index contributed by atoms with van der Waals surface area (Å²) >= 11 is 0. The summed E-state index contributed by atoms with van der Waals surface area (Å²) in [5.74, 6) is -0.254. The lowest BCUT2D eigenvalue weighted by Crippen LogP contribution is -2.29. The van der Waals surface area contributed by atoms with Gasteiger partial charge < -0.3 is 14.9 Å². The first-order valence-corrected chi connectivity index (χ1v) is 10.8. The predicted octanol–water partition coefficient (Wildman–Crippen LogP) is 3.53. The van der Waals surface area contributed by atoms with Crippen LogP contribution in [0.4, 0.5) is 0 Å². The summed E-state index contributed by atoms with van der Waals surface area (Å²) in [6.45, 7) is 6.21. The van der Waals surface area contributed by atoms with Gasteiger partial charge in [-0.2, -0.15) is 0 Å². The van der Waals surface area contributed by atoms with Crippen molar-refractivity contribution < 1.29 is 4.79 Å². The van der Waals surface area contributed by atoms with Crippen molar-refractivity contribution in [1.29, 1.82) is 0 Å². The first kappa shape index (κ1) is 21.7. The zero-order chi connectivity index (χ0) is 22.8. The number of fused-ring (bicyclic) bond motifs is 1. The monoisotopic (exact) mass is 423 g/mol. The Morgan fingerprint density at radius 3 is 2.56 bits per heavy atom. The van der Waals surface area contributed by atoms with Gasteiger partial charge in [0.1, 0.15) is 7.85 Å². The van der Waals surface area contributed by atoms with Crippen LogP contribution >= 0.6 is 0 Å². The van der Waals surface area contributed by atoms with E-state index in [4.69, 9.17) is 7.85 Å². The molecular weight excluding hydrogens is 397 g/mol. The molecule has 0 aliphatic heterocycles. The van der Waals surface area contributed by atoms with Crippen molar-refractivity contribution in [3.05, 3.63) is 99.1 Å². The Morgan fingerprint density at radius 2 is 1.88 bits per heavy atom. The number of carbonyl (C=O) groups excluding carboxylic acids is 1. The highest BCUT2D eigenvalue weighted by Crippen LogP contribution is 2.22. The molecule has 0 aliphatic carbocycles. The first-order chi connectivity index (χ1) is 15.3. The third kappa shape index (κ3) is 4.40. The Morgan fingerprint density at radius 1 is 1.12 bits per heavy atom. The van der Waals surface area contributed by atoms with Crippen LogP contribution in [0.5, 0.6) is 0 Å². The molecule has 32 heavy (non-hydrogen) atoms. The summed E-state index contributed by atoms with van der Waals surface area (Å²) < 4.78 is 2.09. The van der Waals surface area contributed by atoms with E-state index in [1.54, 1.807) is 6.07 Å². The van der Waals surface area contributed by atoms with E-state index in [2.05, 4.69) is 28.7 Å². The second kappa shape index (κ2) is 8.91. The van der Waals surface area contributed by atoms with Crippen molar-refractivity contribution in [1.82, 2.24) is 14.9 Å². The molecule has 2 radical (unpaired) electrons. The maximum atomic E-state index is 13.0. The standard InChI is InChI=1S/C26H26BN3O2/c1-16(2)30-10-9-21-22(13-19(27)14-24(21)30)25(31)28-15-23-17(3)11-20(29-26(23)32)12-18-7-5-4-6-8-18/h4-11,13-14,16H,12,15H2,1-3H3,(H,28,31)(H,29,32). The Kier molecular flexibility index (Phi) is 6.04. The lowest BCUT2D eigenvalue weighted by Gasteiger charge is -2.13. The third-order valence-corrected chi connectivity index (χ3v) is 5.74. The molecule has 2 aromatic heterocycles. The van der Waals surface area contributed by atoms with E-state index in [-0.39, 0.29) is 24.1 Å². The molecule has 6 heteroatoms. The molecular formula is C26H26BN3O2. The number of nitrogens with one attached hydrogen (secondary N) is 2. The van der Waals surface area contributed by atoms with E-state index in [1.165, 1.54) is 0 Å². The fourth-order valence-corrected chi connectivity index (χ4v) is 4.10. The summed E-state index contributed by atoms with van der Waals surface area (Å²) in [5.41, 5.74) is 5.16. The Balaban J connectivity index is 1.55. The zero-order valence-electron chi connectivity index (χ0n) is 18.6. The number of carbonyl (C=O) groups is 1. The van der Waals surface area contributed by atoms with Crippen LogP contribution in [0, 0.1) is 6.92 Å². The topological polar surface area (TPSA) is 66.9 Å². The molecule has 2 N–H and O–H groups in total. The van der Waals surface area contributed by atoms with Crippen LogP contribution in [-0.4, -0.2) is 23.3 Å². The quantitative estimate of drug-likeness (QED) is 0.466. The summed E-state index contributed by atoms with van der Waals surface area (Å²) in [5, 5.41) is 3.74. The number of hydrogen-bond acceptors (Lipinski definition) is 2. The van der Waals surface area contributed by atoms with Crippen molar-refractivity contribution in [2.75, 3.05) is 0 Å². The van der Waals surface area contributed by atoms with E-state index in [1.807, 2.05) is 61.7 Å². The highest BCUT2D eigenvalue weighted by molar-refractivity contribution is 6.34. The third-order valence-electron chi connectivity index (χ3n) is 5.74. The first-order valence-electron chi connectivity index (χ1n) is 10.8. The molecule has 0 aliphatic rings. The number of aromatic nitrogens is 2. The number of hydrogen-bond donors (Lipinski definition) is 2. The molecule has 160 valence electrons. The van der Waals surface area contributed by atoms with Crippen molar-refractivity contribution in [2.45, 2.75) is 39.8 Å². The predicted molar refractivity (Wildman–Crippen MR) is 130 cm³/mol. The number of nitrogens with zero attached hydrogens (tertiary/aromatic N) is 1. The summed E-state index contributed by atoms with van der Waals surface area (Å²) in [4.78, 5) is 28.7. The Labute approximate surface area is 188 Å². The molecule has 5 nitrogen and oxygen atoms in total. The molecule has 0 saturated heterocycles. The van der Waals surface area contributed by atoms with Crippen molar-refractivity contribution in [3.8, 4) is 0 Å². The van der Waals surface area contributed by atoms with Gasteiger partial charge in [0, 0.05) is 52.9 Å². The van der Waals surface area contributed by atoms with E-state index in [0.717, 1.165) is 27.7 Å². The lowest BCUT2D eigenvalue weighted by atomic mass is 9.92. The number of aryl methyl sites for hydroxylation is 1. The van der Waals surface area contributed by atoms with Gasteiger partial charge >= 0.3 is 0 Å². The van der Waals surface area contributed by atoms with Crippen LogP contribution in [0.25, 0.3) is 10.9 Å². The largest absolute Gasteiger partial charge is 0.348 e.